The Bertz CT molecular complexity index is 850. The van der Waals surface area contributed by atoms with Crippen LogP contribution in [0.25, 0.3) is 10.2 Å². The molecule has 3 aromatic rings. The van der Waals surface area contributed by atoms with Crippen LogP contribution >= 0.6 is 11.3 Å². The van der Waals surface area contributed by atoms with Gasteiger partial charge in [-0.2, -0.15) is 5.10 Å². The third-order valence-corrected chi connectivity index (χ3v) is 4.70. The highest BCUT2D eigenvalue weighted by Gasteiger charge is 2.09. The molecule has 0 saturated heterocycles. The van der Waals surface area contributed by atoms with Crippen molar-refractivity contribution < 1.29 is 4.79 Å². The van der Waals surface area contributed by atoms with E-state index in [2.05, 4.69) is 34.5 Å². The van der Waals surface area contributed by atoms with Crippen LogP contribution in [0.4, 0.5) is 5.13 Å². The minimum Gasteiger partial charge on any atom is -0.302 e. The van der Waals surface area contributed by atoms with Crippen molar-refractivity contribution in [1.29, 1.82) is 0 Å². The Balaban J connectivity index is 1.64. The van der Waals surface area contributed by atoms with E-state index in [0.717, 1.165) is 28.0 Å². The molecule has 6 heteroatoms. The number of hydrogen-bond donors (Lipinski definition) is 1. The Morgan fingerprint density at radius 2 is 2.13 bits per heavy atom. The Hall–Kier alpha value is -2.21. The van der Waals surface area contributed by atoms with Crippen molar-refractivity contribution in [2.75, 3.05) is 5.32 Å². The second-order valence-electron chi connectivity index (χ2n) is 5.62. The molecule has 0 fully saturated rings. The maximum atomic E-state index is 12.1. The molecular weight excluding hydrogens is 308 g/mol. The molecule has 0 bridgehead atoms. The zero-order chi connectivity index (χ0) is 16.4. The summed E-state index contributed by atoms with van der Waals surface area (Å²) in [5.74, 6) is -0.0349. The maximum Gasteiger partial charge on any atom is 0.228 e. The molecule has 5 nitrogen and oxygen atoms in total. The molecule has 2 heterocycles. The monoisotopic (exact) mass is 328 g/mol. The Kier molecular flexibility index (Phi) is 4.43. The second-order valence-corrected chi connectivity index (χ2v) is 6.65. The lowest BCUT2D eigenvalue weighted by atomic mass is 10.2. The van der Waals surface area contributed by atoms with E-state index in [4.69, 9.17) is 0 Å². The Labute approximate surface area is 139 Å². The molecule has 0 atom stereocenters. The van der Waals surface area contributed by atoms with Gasteiger partial charge >= 0.3 is 0 Å². The quantitative estimate of drug-likeness (QED) is 0.777. The molecule has 3 rings (SSSR count). The third kappa shape index (κ3) is 3.59. The average Bonchev–Trinajstić information content (AvgIpc) is 3.06. The smallest absolute Gasteiger partial charge is 0.228 e. The Morgan fingerprint density at radius 3 is 2.83 bits per heavy atom. The first kappa shape index (κ1) is 15.7. The summed E-state index contributed by atoms with van der Waals surface area (Å²) in [7, 11) is 0. The number of thiazole rings is 1. The molecule has 0 aliphatic rings. The molecular formula is C17H20N4OS. The van der Waals surface area contributed by atoms with Crippen molar-refractivity contribution in [2.24, 2.45) is 0 Å². The van der Waals surface area contributed by atoms with Crippen molar-refractivity contribution in [3.8, 4) is 0 Å². The van der Waals surface area contributed by atoms with Gasteiger partial charge in [-0.1, -0.05) is 24.3 Å². The zero-order valence-electron chi connectivity index (χ0n) is 13.6. The molecule has 0 spiro atoms. The summed E-state index contributed by atoms with van der Waals surface area (Å²) < 4.78 is 2.97. The van der Waals surface area contributed by atoms with Crippen molar-refractivity contribution in [1.82, 2.24) is 14.8 Å². The van der Waals surface area contributed by atoms with E-state index >= 15 is 0 Å². The predicted octanol–water partition coefficient (Wildman–Crippen LogP) is 3.70. The first-order valence-electron chi connectivity index (χ1n) is 7.75. The summed E-state index contributed by atoms with van der Waals surface area (Å²) in [5.41, 5.74) is 4.26. The molecule has 120 valence electrons. The highest BCUT2D eigenvalue weighted by molar-refractivity contribution is 7.22. The van der Waals surface area contributed by atoms with Crippen molar-refractivity contribution in [3.05, 3.63) is 41.2 Å². The van der Waals surface area contributed by atoms with E-state index in [-0.39, 0.29) is 5.91 Å². The van der Waals surface area contributed by atoms with Crippen LogP contribution in [0.3, 0.4) is 0 Å². The van der Waals surface area contributed by atoms with Gasteiger partial charge in [0.15, 0.2) is 5.13 Å². The number of amides is 1. The number of benzene rings is 1. The van der Waals surface area contributed by atoms with Gasteiger partial charge in [0.1, 0.15) is 0 Å². The zero-order valence-corrected chi connectivity index (χ0v) is 14.4. The van der Waals surface area contributed by atoms with Gasteiger partial charge in [0.2, 0.25) is 5.91 Å². The number of carbonyl (C=O) groups is 1. The highest BCUT2D eigenvalue weighted by Crippen LogP contribution is 2.27. The minimum absolute atomic E-state index is 0.0349. The normalized spacial score (nSPS) is 11.1. The molecule has 0 unspecified atom stereocenters. The van der Waals surface area contributed by atoms with E-state index in [1.165, 1.54) is 16.9 Å². The van der Waals surface area contributed by atoms with Crippen LogP contribution in [-0.4, -0.2) is 20.7 Å². The standard InChI is InChI=1S/C17H20N4OS/c1-4-13-5-6-14-15(10-13)23-17(18-14)19-16(22)7-8-21-12(3)9-11(2)20-21/h5-6,9-10H,4,7-8H2,1-3H3,(H,18,19,22). The molecule has 2 aromatic heterocycles. The van der Waals surface area contributed by atoms with Crippen LogP contribution in [-0.2, 0) is 17.8 Å². The second kappa shape index (κ2) is 6.50. The van der Waals surface area contributed by atoms with Gasteiger partial charge in [0.05, 0.1) is 15.9 Å². The van der Waals surface area contributed by atoms with Crippen LogP contribution in [0.15, 0.2) is 24.3 Å². The topological polar surface area (TPSA) is 59.8 Å². The van der Waals surface area contributed by atoms with Crippen LogP contribution in [0.5, 0.6) is 0 Å². The number of nitrogens with one attached hydrogen (secondary N) is 1. The fourth-order valence-electron chi connectivity index (χ4n) is 2.53. The largest absolute Gasteiger partial charge is 0.302 e. The maximum absolute atomic E-state index is 12.1. The van der Waals surface area contributed by atoms with Gasteiger partial charge in [-0.05, 0) is 44.0 Å². The van der Waals surface area contributed by atoms with Gasteiger partial charge in [-0.3, -0.25) is 9.48 Å². The van der Waals surface area contributed by atoms with Crippen molar-refractivity contribution in [3.63, 3.8) is 0 Å². The summed E-state index contributed by atoms with van der Waals surface area (Å²) in [4.78, 5) is 16.6. The fraction of sp³-hybridized carbons (Fsp3) is 0.353. The number of anilines is 1. The SMILES string of the molecule is CCc1ccc2nc(NC(=O)CCn3nc(C)cc3C)sc2c1. The summed E-state index contributed by atoms with van der Waals surface area (Å²) >= 11 is 1.52. The Morgan fingerprint density at radius 1 is 1.30 bits per heavy atom. The van der Waals surface area contributed by atoms with Crippen molar-refractivity contribution in [2.45, 2.75) is 40.2 Å². The first-order valence-corrected chi connectivity index (χ1v) is 8.57. The van der Waals surface area contributed by atoms with Crippen molar-refractivity contribution >= 4 is 32.6 Å². The lowest BCUT2D eigenvalue weighted by molar-refractivity contribution is -0.116. The van der Waals surface area contributed by atoms with Gasteiger partial charge in [-0.25, -0.2) is 4.98 Å². The molecule has 23 heavy (non-hydrogen) atoms. The summed E-state index contributed by atoms with van der Waals surface area (Å²) in [6.45, 7) is 6.66. The summed E-state index contributed by atoms with van der Waals surface area (Å²) in [6.07, 6.45) is 1.39. The van der Waals surface area contributed by atoms with Gasteiger partial charge in [0.25, 0.3) is 0 Å². The lowest BCUT2D eigenvalue weighted by Gasteiger charge is -2.04. The highest BCUT2D eigenvalue weighted by atomic mass is 32.1. The molecule has 1 N–H and O–H groups in total. The van der Waals surface area contributed by atoms with E-state index in [0.29, 0.717) is 18.1 Å². The van der Waals surface area contributed by atoms with Crippen LogP contribution in [0.1, 0.15) is 30.3 Å². The van der Waals surface area contributed by atoms with Gasteiger partial charge < -0.3 is 5.32 Å². The van der Waals surface area contributed by atoms with Crippen LogP contribution in [0, 0.1) is 13.8 Å². The minimum atomic E-state index is -0.0349. The number of nitrogens with zero attached hydrogens (tertiary/aromatic N) is 3. The molecule has 1 aromatic carbocycles. The molecule has 0 radical (unpaired) electrons. The van der Waals surface area contributed by atoms with Crippen LogP contribution < -0.4 is 5.32 Å². The summed E-state index contributed by atoms with van der Waals surface area (Å²) in [5, 5.41) is 7.92. The van der Waals surface area contributed by atoms with Gasteiger partial charge in [-0.15, -0.1) is 0 Å². The molecule has 0 saturated carbocycles. The number of aryl methyl sites for hydroxylation is 4. The number of fused-ring (bicyclic) bond motifs is 1. The third-order valence-electron chi connectivity index (χ3n) is 3.76. The molecule has 0 aliphatic heterocycles. The molecule has 0 aliphatic carbocycles. The number of rotatable bonds is 5. The number of hydrogen-bond acceptors (Lipinski definition) is 4. The predicted molar refractivity (Wildman–Crippen MR) is 93.9 cm³/mol. The number of carbonyl (C=O) groups excluding carboxylic acids is 1. The summed E-state index contributed by atoms with van der Waals surface area (Å²) in [6, 6.07) is 8.24. The van der Waals surface area contributed by atoms with E-state index in [9.17, 15) is 4.79 Å². The first-order chi connectivity index (χ1) is 11.0. The van der Waals surface area contributed by atoms with E-state index in [1.807, 2.05) is 30.7 Å². The fourth-order valence-corrected chi connectivity index (χ4v) is 3.48. The van der Waals surface area contributed by atoms with Crippen LogP contribution in [0.2, 0.25) is 0 Å². The van der Waals surface area contributed by atoms with Gasteiger partial charge in [0, 0.05) is 18.7 Å². The average molecular weight is 328 g/mol. The van der Waals surface area contributed by atoms with E-state index in [1.54, 1.807) is 0 Å². The molecule has 1 amide bonds. The lowest BCUT2D eigenvalue weighted by Crippen LogP contribution is -2.15. The number of aromatic nitrogens is 3. The van der Waals surface area contributed by atoms with E-state index < -0.39 is 0 Å².